The maximum Gasteiger partial charge on any atom is 0.0402 e. The van der Waals surface area contributed by atoms with Crippen LogP contribution in [0.25, 0.3) is 0 Å². The van der Waals surface area contributed by atoms with Crippen LogP contribution in [0.15, 0.2) is 52.8 Å². The first-order valence-electron chi connectivity index (χ1n) is 7.29. The van der Waals surface area contributed by atoms with Crippen LogP contribution >= 0.6 is 0 Å². The molecule has 1 aliphatic carbocycles. The molecule has 0 fully saturated rings. The minimum Gasteiger partial charge on any atom is -0.273 e. The average molecular weight is 272 g/mol. The number of nitrogens with zero attached hydrogens (tertiary/aromatic N) is 2. The first kappa shape index (κ1) is 16.5. The number of hydrogen-bond donors (Lipinski definition) is 0. The van der Waals surface area contributed by atoms with Gasteiger partial charge in [0, 0.05) is 19.5 Å². The Kier molecular flexibility index (Phi) is 5.55. The van der Waals surface area contributed by atoms with Crippen LogP contribution in [0, 0.1) is 11.8 Å². The number of hydrazone groups is 1. The van der Waals surface area contributed by atoms with Gasteiger partial charge in [0.25, 0.3) is 0 Å². The molecule has 0 saturated carbocycles. The number of rotatable bonds is 6. The van der Waals surface area contributed by atoms with Crippen molar-refractivity contribution in [2.24, 2.45) is 16.9 Å². The zero-order chi connectivity index (χ0) is 15.4. The zero-order valence-electron chi connectivity index (χ0n) is 13.5. The fraction of sp³-hybridized carbons (Fsp3) is 0.500. The van der Waals surface area contributed by atoms with Crippen LogP contribution in [0.2, 0.25) is 0 Å². The quantitative estimate of drug-likeness (QED) is 0.380. The molecule has 0 aromatic rings. The smallest absolute Gasteiger partial charge is 0.0402 e. The van der Waals surface area contributed by atoms with Gasteiger partial charge in [0.2, 0.25) is 0 Å². The summed E-state index contributed by atoms with van der Waals surface area (Å²) >= 11 is 0. The lowest BCUT2D eigenvalue weighted by atomic mass is 9.80. The van der Waals surface area contributed by atoms with Gasteiger partial charge in [-0.15, -0.1) is 0 Å². The predicted molar refractivity (Wildman–Crippen MR) is 89.6 cm³/mol. The van der Waals surface area contributed by atoms with Crippen LogP contribution in [0.1, 0.15) is 40.0 Å². The molecule has 1 rings (SSSR count). The molecule has 1 aliphatic rings. The lowest BCUT2D eigenvalue weighted by Crippen LogP contribution is -2.20. The van der Waals surface area contributed by atoms with E-state index in [0.29, 0.717) is 11.8 Å². The Balaban J connectivity index is 3.13. The summed E-state index contributed by atoms with van der Waals surface area (Å²) in [4.78, 5) is 0. The third-order valence-electron chi connectivity index (χ3n) is 4.19. The lowest BCUT2D eigenvalue weighted by Gasteiger charge is -2.31. The Morgan fingerprint density at radius 3 is 2.40 bits per heavy atom. The predicted octanol–water partition coefficient (Wildman–Crippen LogP) is 4.93. The summed E-state index contributed by atoms with van der Waals surface area (Å²) in [6.45, 7) is 22.8. The van der Waals surface area contributed by atoms with Gasteiger partial charge in [0.05, 0.1) is 0 Å². The van der Waals surface area contributed by atoms with Crippen LogP contribution in [0.5, 0.6) is 0 Å². The highest BCUT2D eigenvalue weighted by atomic mass is 15.4. The van der Waals surface area contributed by atoms with Crippen LogP contribution < -0.4 is 0 Å². The van der Waals surface area contributed by atoms with Gasteiger partial charge in [-0.2, -0.15) is 5.10 Å². The summed E-state index contributed by atoms with van der Waals surface area (Å²) in [7, 11) is 1.95. The molecule has 0 bridgehead atoms. The van der Waals surface area contributed by atoms with E-state index in [1.807, 2.05) is 12.1 Å². The van der Waals surface area contributed by atoms with Crippen molar-refractivity contribution in [3.63, 3.8) is 0 Å². The second-order valence-corrected chi connectivity index (χ2v) is 6.08. The van der Waals surface area contributed by atoms with Crippen molar-refractivity contribution >= 4 is 6.72 Å². The summed E-state index contributed by atoms with van der Waals surface area (Å²) in [5.41, 5.74) is 5.54. The summed E-state index contributed by atoms with van der Waals surface area (Å²) in [5, 5.41) is 5.91. The Labute approximate surface area is 124 Å². The van der Waals surface area contributed by atoms with Crippen LogP contribution in [0.3, 0.4) is 0 Å². The van der Waals surface area contributed by atoms with E-state index in [2.05, 4.69) is 52.3 Å². The molecule has 20 heavy (non-hydrogen) atoms. The first-order valence-corrected chi connectivity index (χ1v) is 7.29. The average Bonchev–Trinajstić information content (AvgIpc) is 2.43. The normalized spacial score (nSPS) is 18.9. The van der Waals surface area contributed by atoms with Crippen molar-refractivity contribution in [3.05, 3.63) is 47.7 Å². The van der Waals surface area contributed by atoms with E-state index >= 15 is 0 Å². The Morgan fingerprint density at radius 2 is 1.90 bits per heavy atom. The molecule has 0 aliphatic heterocycles. The standard InChI is InChI=1S/C18H28N2/c1-12(2)14(4)15(5)16(6)17-11-13(3)9-10-18(17)20(8)19-7/h12-13H,4-7,9-11H2,1-3,8H3. The molecular formula is C18H28N2. The van der Waals surface area contributed by atoms with Crippen molar-refractivity contribution < 1.29 is 0 Å². The van der Waals surface area contributed by atoms with Gasteiger partial charge < -0.3 is 0 Å². The van der Waals surface area contributed by atoms with Gasteiger partial charge in [0.1, 0.15) is 0 Å². The number of hydrogen-bond acceptors (Lipinski definition) is 2. The third-order valence-corrected chi connectivity index (χ3v) is 4.19. The molecule has 0 heterocycles. The largest absolute Gasteiger partial charge is 0.273 e. The van der Waals surface area contributed by atoms with E-state index in [0.717, 1.165) is 29.6 Å². The molecule has 2 nitrogen and oxygen atoms in total. The molecule has 0 spiro atoms. The molecule has 0 N–H and O–H groups in total. The van der Waals surface area contributed by atoms with E-state index in [1.54, 1.807) is 0 Å². The van der Waals surface area contributed by atoms with Crippen molar-refractivity contribution in [1.82, 2.24) is 5.01 Å². The van der Waals surface area contributed by atoms with Crippen molar-refractivity contribution in [1.29, 1.82) is 0 Å². The van der Waals surface area contributed by atoms with E-state index in [-0.39, 0.29) is 0 Å². The fourth-order valence-corrected chi connectivity index (χ4v) is 2.57. The van der Waals surface area contributed by atoms with Gasteiger partial charge in [-0.05, 0) is 53.4 Å². The Morgan fingerprint density at radius 1 is 1.30 bits per heavy atom. The van der Waals surface area contributed by atoms with Gasteiger partial charge in [-0.3, -0.25) is 5.01 Å². The molecule has 110 valence electrons. The second-order valence-electron chi connectivity index (χ2n) is 6.08. The van der Waals surface area contributed by atoms with Crippen molar-refractivity contribution in [3.8, 4) is 0 Å². The molecule has 1 atom stereocenters. The van der Waals surface area contributed by atoms with E-state index in [4.69, 9.17) is 0 Å². The topological polar surface area (TPSA) is 15.6 Å². The molecule has 0 amide bonds. The zero-order valence-corrected chi connectivity index (χ0v) is 13.5. The summed E-state index contributed by atoms with van der Waals surface area (Å²) < 4.78 is 0. The SMILES string of the molecule is C=NN(C)C1=C(C(=C)C(=C)C(=C)C(C)C)CC(C)CC1. The molecule has 2 heteroatoms. The van der Waals surface area contributed by atoms with Gasteiger partial charge in [-0.25, -0.2) is 0 Å². The molecule has 0 radical (unpaired) electrons. The molecule has 0 aromatic carbocycles. The van der Waals surface area contributed by atoms with Gasteiger partial charge >= 0.3 is 0 Å². The minimum atomic E-state index is 0.388. The van der Waals surface area contributed by atoms with E-state index < -0.39 is 0 Å². The van der Waals surface area contributed by atoms with E-state index in [9.17, 15) is 0 Å². The van der Waals surface area contributed by atoms with Crippen LogP contribution in [-0.4, -0.2) is 18.8 Å². The van der Waals surface area contributed by atoms with E-state index in [1.165, 1.54) is 17.7 Å². The highest BCUT2D eigenvalue weighted by Crippen LogP contribution is 2.38. The molecule has 1 unspecified atom stereocenters. The summed E-state index contributed by atoms with van der Waals surface area (Å²) in [6, 6.07) is 0. The summed E-state index contributed by atoms with van der Waals surface area (Å²) in [5.74, 6) is 1.06. The van der Waals surface area contributed by atoms with Crippen molar-refractivity contribution in [2.45, 2.75) is 40.0 Å². The Bertz CT molecular complexity index is 466. The fourth-order valence-electron chi connectivity index (χ4n) is 2.57. The maximum absolute atomic E-state index is 4.28. The maximum atomic E-state index is 4.28. The highest BCUT2D eigenvalue weighted by Gasteiger charge is 2.24. The molecule has 0 aromatic heterocycles. The van der Waals surface area contributed by atoms with Crippen LogP contribution in [-0.2, 0) is 0 Å². The Hall–Kier alpha value is -1.57. The number of allylic oxidation sites excluding steroid dienone is 5. The second kappa shape index (κ2) is 6.74. The first-order chi connectivity index (χ1) is 9.29. The third kappa shape index (κ3) is 3.50. The molecular weight excluding hydrogens is 244 g/mol. The van der Waals surface area contributed by atoms with Crippen molar-refractivity contribution in [2.75, 3.05) is 7.05 Å². The minimum absolute atomic E-state index is 0.388. The molecule has 0 saturated heterocycles. The van der Waals surface area contributed by atoms with Crippen LogP contribution in [0.4, 0.5) is 0 Å². The highest BCUT2D eigenvalue weighted by molar-refractivity contribution is 5.54. The van der Waals surface area contributed by atoms with Gasteiger partial charge in [-0.1, -0.05) is 40.5 Å². The van der Waals surface area contributed by atoms with Gasteiger partial charge in [0.15, 0.2) is 0 Å². The summed E-state index contributed by atoms with van der Waals surface area (Å²) in [6.07, 6.45) is 3.23. The monoisotopic (exact) mass is 272 g/mol. The lowest BCUT2D eigenvalue weighted by molar-refractivity contribution is 0.375.